The van der Waals surface area contributed by atoms with Crippen molar-refractivity contribution in [2.45, 2.75) is 45.8 Å². The molecule has 0 atom stereocenters. The maximum absolute atomic E-state index is 12.1. The summed E-state index contributed by atoms with van der Waals surface area (Å²) in [4.78, 5) is 18.8. The molecule has 0 N–H and O–H groups in total. The van der Waals surface area contributed by atoms with Crippen LogP contribution in [0.1, 0.15) is 43.9 Å². The number of benzene rings is 1. The molecule has 1 aromatic heterocycles. The predicted molar refractivity (Wildman–Crippen MR) is 115 cm³/mol. The highest BCUT2D eigenvalue weighted by molar-refractivity contribution is 5.72. The van der Waals surface area contributed by atoms with E-state index >= 15 is 0 Å². The smallest absolute Gasteiger partial charge is 0.310 e. The van der Waals surface area contributed by atoms with Crippen LogP contribution in [-0.2, 0) is 22.6 Å². The van der Waals surface area contributed by atoms with Crippen LogP contribution in [0, 0.1) is 5.41 Å². The van der Waals surface area contributed by atoms with Crippen LogP contribution < -0.4 is 0 Å². The zero-order valence-corrected chi connectivity index (χ0v) is 17.8. The second-order valence-electron chi connectivity index (χ2n) is 8.53. The van der Waals surface area contributed by atoms with E-state index < -0.39 is 0 Å². The lowest BCUT2D eigenvalue weighted by Crippen LogP contribution is -2.41. The minimum Gasteiger partial charge on any atom is -0.461 e. The van der Waals surface area contributed by atoms with Crippen molar-refractivity contribution in [2.24, 2.45) is 10.4 Å². The first kappa shape index (κ1) is 21.2. The fourth-order valence-electron chi connectivity index (χ4n) is 3.93. The van der Waals surface area contributed by atoms with Crippen molar-refractivity contribution < 1.29 is 9.53 Å². The monoisotopic (exact) mass is 396 g/mol. The fourth-order valence-corrected chi connectivity index (χ4v) is 3.93. The zero-order chi connectivity index (χ0) is 20.7. The number of likely N-dealkylation sites (tertiary alicyclic amines) is 1. The molecule has 0 aliphatic carbocycles. The quantitative estimate of drug-likeness (QED) is 0.506. The lowest BCUT2D eigenvalue weighted by molar-refractivity contribution is -0.144. The SMILES string of the molecule is C/N=C/C(C)(C)CN1CCC(n2cc(CC(=O)OCc3ccccc3)cn2)CC1. The highest BCUT2D eigenvalue weighted by Crippen LogP contribution is 2.25. The average molecular weight is 397 g/mol. The van der Waals surface area contributed by atoms with Crippen LogP contribution in [0.5, 0.6) is 0 Å². The van der Waals surface area contributed by atoms with Gasteiger partial charge in [-0.15, -0.1) is 0 Å². The first-order valence-electron chi connectivity index (χ1n) is 10.3. The number of ether oxygens (including phenoxy) is 1. The summed E-state index contributed by atoms with van der Waals surface area (Å²) in [5, 5.41) is 4.51. The molecule has 0 radical (unpaired) electrons. The fraction of sp³-hybridized carbons (Fsp3) is 0.522. The van der Waals surface area contributed by atoms with Crippen LogP contribution in [0.3, 0.4) is 0 Å². The van der Waals surface area contributed by atoms with Gasteiger partial charge < -0.3 is 14.6 Å². The summed E-state index contributed by atoms with van der Waals surface area (Å²) in [5.41, 5.74) is 2.00. The first-order valence-corrected chi connectivity index (χ1v) is 10.3. The number of piperidine rings is 1. The Morgan fingerprint density at radius 2 is 1.97 bits per heavy atom. The molecule has 0 spiro atoms. The number of nitrogens with zero attached hydrogens (tertiary/aromatic N) is 4. The summed E-state index contributed by atoms with van der Waals surface area (Å²) in [6.45, 7) is 7.89. The maximum atomic E-state index is 12.1. The van der Waals surface area contributed by atoms with Crippen LogP contribution >= 0.6 is 0 Å². The van der Waals surface area contributed by atoms with Gasteiger partial charge in [0.2, 0.25) is 0 Å². The van der Waals surface area contributed by atoms with Crippen molar-refractivity contribution in [1.29, 1.82) is 0 Å². The van der Waals surface area contributed by atoms with E-state index in [9.17, 15) is 4.79 Å². The molecule has 1 aromatic carbocycles. The molecule has 0 amide bonds. The second kappa shape index (κ2) is 9.83. The number of rotatable bonds is 8. The summed E-state index contributed by atoms with van der Waals surface area (Å²) in [6.07, 6.45) is 8.22. The highest BCUT2D eigenvalue weighted by Gasteiger charge is 2.25. The van der Waals surface area contributed by atoms with Crippen LogP contribution in [-0.4, -0.2) is 53.5 Å². The van der Waals surface area contributed by atoms with Crippen molar-refractivity contribution in [3.05, 3.63) is 53.9 Å². The largest absolute Gasteiger partial charge is 0.461 e. The predicted octanol–water partition coefficient (Wildman–Crippen LogP) is 3.53. The average Bonchev–Trinajstić information content (AvgIpc) is 3.16. The van der Waals surface area contributed by atoms with Gasteiger partial charge in [0.05, 0.1) is 18.7 Å². The lowest BCUT2D eigenvalue weighted by Gasteiger charge is -2.36. The topological polar surface area (TPSA) is 59.7 Å². The summed E-state index contributed by atoms with van der Waals surface area (Å²) in [5.74, 6) is -0.219. The molecule has 156 valence electrons. The van der Waals surface area contributed by atoms with Crippen molar-refractivity contribution in [1.82, 2.24) is 14.7 Å². The number of esters is 1. The number of hydrogen-bond acceptors (Lipinski definition) is 5. The van der Waals surface area contributed by atoms with Gasteiger partial charge in [-0.05, 0) is 18.4 Å². The van der Waals surface area contributed by atoms with E-state index in [2.05, 4.69) is 28.8 Å². The van der Waals surface area contributed by atoms with E-state index in [4.69, 9.17) is 4.74 Å². The number of aromatic nitrogens is 2. The summed E-state index contributed by atoms with van der Waals surface area (Å²) in [6, 6.07) is 10.1. The third-order valence-corrected chi connectivity index (χ3v) is 5.29. The Hall–Kier alpha value is -2.47. The number of carbonyl (C=O) groups is 1. The van der Waals surface area contributed by atoms with E-state index in [1.54, 1.807) is 6.20 Å². The number of hydrogen-bond donors (Lipinski definition) is 0. The Morgan fingerprint density at radius 3 is 2.66 bits per heavy atom. The number of aliphatic imine (C=N–C) groups is 1. The summed E-state index contributed by atoms with van der Waals surface area (Å²) < 4.78 is 7.40. The molecular formula is C23H32N4O2. The second-order valence-corrected chi connectivity index (χ2v) is 8.53. The van der Waals surface area contributed by atoms with Crippen molar-refractivity contribution in [3.8, 4) is 0 Å². The molecule has 3 rings (SSSR count). The van der Waals surface area contributed by atoms with Gasteiger partial charge in [0, 0.05) is 50.1 Å². The summed E-state index contributed by atoms with van der Waals surface area (Å²) in [7, 11) is 1.83. The van der Waals surface area contributed by atoms with Crippen molar-refractivity contribution in [3.63, 3.8) is 0 Å². The molecule has 6 nitrogen and oxygen atoms in total. The Balaban J connectivity index is 1.45. The van der Waals surface area contributed by atoms with Gasteiger partial charge in [-0.25, -0.2) is 0 Å². The number of carbonyl (C=O) groups excluding carboxylic acids is 1. The third-order valence-electron chi connectivity index (χ3n) is 5.29. The molecule has 1 aliphatic rings. The molecule has 2 heterocycles. The van der Waals surface area contributed by atoms with Crippen LogP contribution in [0.2, 0.25) is 0 Å². The first-order chi connectivity index (χ1) is 13.9. The molecular weight excluding hydrogens is 364 g/mol. The standard InChI is InChI=1S/C23H32N4O2/c1-23(2,17-24-3)18-26-11-9-21(10-12-26)27-15-20(14-25-27)13-22(28)29-16-19-7-5-4-6-8-19/h4-8,14-15,17,21H,9-13,16,18H2,1-3H3/b24-17+. The van der Waals surface area contributed by atoms with Crippen LogP contribution in [0.4, 0.5) is 0 Å². The van der Waals surface area contributed by atoms with Crippen molar-refractivity contribution >= 4 is 12.2 Å². The normalized spacial score (nSPS) is 16.4. The molecule has 2 aromatic rings. The van der Waals surface area contributed by atoms with Crippen LogP contribution in [0.15, 0.2) is 47.7 Å². The van der Waals surface area contributed by atoms with Gasteiger partial charge in [0.15, 0.2) is 0 Å². The van der Waals surface area contributed by atoms with E-state index in [0.29, 0.717) is 12.6 Å². The van der Waals surface area contributed by atoms with E-state index in [1.807, 2.05) is 54.5 Å². The summed E-state index contributed by atoms with van der Waals surface area (Å²) >= 11 is 0. The molecule has 0 unspecified atom stereocenters. The molecule has 6 heteroatoms. The molecule has 0 saturated carbocycles. The molecule has 1 fully saturated rings. The van der Waals surface area contributed by atoms with E-state index in [0.717, 1.165) is 43.6 Å². The lowest BCUT2D eigenvalue weighted by atomic mass is 9.93. The van der Waals surface area contributed by atoms with Gasteiger partial charge >= 0.3 is 5.97 Å². The minimum absolute atomic E-state index is 0.0978. The molecule has 0 bridgehead atoms. The van der Waals surface area contributed by atoms with Gasteiger partial charge in [-0.2, -0.15) is 5.10 Å². The minimum atomic E-state index is -0.219. The molecule has 1 aliphatic heterocycles. The van der Waals surface area contributed by atoms with E-state index in [1.165, 1.54) is 0 Å². The third kappa shape index (κ3) is 6.53. The van der Waals surface area contributed by atoms with E-state index in [-0.39, 0.29) is 17.8 Å². The van der Waals surface area contributed by atoms with Gasteiger partial charge in [-0.3, -0.25) is 9.48 Å². The highest BCUT2D eigenvalue weighted by atomic mass is 16.5. The van der Waals surface area contributed by atoms with Gasteiger partial charge in [0.25, 0.3) is 0 Å². The Bertz CT molecular complexity index is 805. The van der Waals surface area contributed by atoms with Crippen LogP contribution in [0.25, 0.3) is 0 Å². The Labute approximate surface area is 173 Å². The van der Waals surface area contributed by atoms with Gasteiger partial charge in [0.1, 0.15) is 6.61 Å². The van der Waals surface area contributed by atoms with Gasteiger partial charge in [-0.1, -0.05) is 44.2 Å². The maximum Gasteiger partial charge on any atom is 0.310 e. The Morgan fingerprint density at radius 1 is 1.24 bits per heavy atom. The zero-order valence-electron chi connectivity index (χ0n) is 17.8. The van der Waals surface area contributed by atoms with Crippen molar-refractivity contribution in [2.75, 3.05) is 26.7 Å². The Kier molecular flexibility index (Phi) is 7.20. The molecule has 1 saturated heterocycles. The molecule has 29 heavy (non-hydrogen) atoms.